The van der Waals surface area contributed by atoms with E-state index in [1.807, 2.05) is 18.4 Å². The lowest BCUT2D eigenvalue weighted by molar-refractivity contribution is 0.462. The highest BCUT2D eigenvalue weighted by atomic mass is 32.1. The molecule has 2 aromatic rings. The fourth-order valence-electron chi connectivity index (χ4n) is 3.21. The van der Waals surface area contributed by atoms with Crippen LogP contribution >= 0.6 is 22.7 Å². The minimum Gasteiger partial charge on any atom is -0.363 e. The van der Waals surface area contributed by atoms with E-state index in [9.17, 15) is 0 Å². The normalized spacial score (nSPS) is 16.1. The Hall–Kier alpha value is -1.60. The van der Waals surface area contributed by atoms with Crippen LogP contribution < -0.4 is 15.5 Å². The minimum absolute atomic E-state index is 0.510. The molecule has 1 saturated heterocycles. The third-order valence-electron chi connectivity index (χ3n) is 4.65. The molecular weight excluding hydrogens is 362 g/mol. The van der Waals surface area contributed by atoms with Gasteiger partial charge in [0.25, 0.3) is 0 Å². The summed E-state index contributed by atoms with van der Waals surface area (Å²) in [6, 6.07) is 4.85. The lowest BCUT2D eigenvalue weighted by atomic mass is 10.1. The highest BCUT2D eigenvalue weighted by Gasteiger charge is 2.20. The van der Waals surface area contributed by atoms with E-state index in [0.29, 0.717) is 6.04 Å². The number of piperidine rings is 1. The van der Waals surface area contributed by atoms with E-state index in [1.165, 1.54) is 10.0 Å². The molecule has 2 aromatic heterocycles. The second-order valence-corrected chi connectivity index (χ2v) is 8.56. The van der Waals surface area contributed by atoms with E-state index >= 15 is 0 Å². The number of anilines is 1. The number of guanidine groups is 1. The number of thiophene rings is 1. The van der Waals surface area contributed by atoms with Crippen molar-refractivity contribution in [3.63, 3.8) is 0 Å². The van der Waals surface area contributed by atoms with Gasteiger partial charge in [0.1, 0.15) is 0 Å². The molecule has 5 nitrogen and oxygen atoms in total. The van der Waals surface area contributed by atoms with E-state index < -0.39 is 0 Å². The average molecular weight is 392 g/mol. The fraction of sp³-hybridized carbons (Fsp3) is 0.579. The van der Waals surface area contributed by atoms with Crippen molar-refractivity contribution in [3.05, 3.63) is 33.6 Å². The highest BCUT2D eigenvalue weighted by molar-refractivity contribution is 7.14. The SMILES string of the molecule is CN=C(NCCCCc1nc(C)cs1)NC1CCN(c2cccs2)CC1. The summed E-state index contributed by atoms with van der Waals surface area (Å²) in [5.41, 5.74) is 1.14. The van der Waals surface area contributed by atoms with Gasteiger partial charge in [-0.05, 0) is 56.5 Å². The van der Waals surface area contributed by atoms with Crippen molar-refractivity contribution in [2.24, 2.45) is 4.99 Å². The van der Waals surface area contributed by atoms with Gasteiger partial charge in [-0.2, -0.15) is 0 Å². The molecule has 0 atom stereocenters. The van der Waals surface area contributed by atoms with Gasteiger partial charge in [-0.1, -0.05) is 0 Å². The van der Waals surface area contributed by atoms with Gasteiger partial charge in [0, 0.05) is 43.8 Å². The zero-order valence-electron chi connectivity index (χ0n) is 15.7. The van der Waals surface area contributed by atoms with Crippen molar-refractivity contribution >= 4 is 33.6 Å². The molecule has 1 fully saturated rings. The fourth-order valence-corrected chi connectivity index (χ4v) is 4.81. The number of hydrogen-bond donors (Lipinski definition) is 2. The Bertz CT molecular complexity index is 672. The molecule has 0 aromatic carbocycles. The number of aryl methyl sites for hydroxylation is 2. The summed E-state index contributed by atoms with van der Waals surface area (Å²) in [6.07, 6.45) is 5.68. The highest BCUT2D eigenvalue weighted by Crippen LogP contribution is 2.24. The Morgan fingerprint density at radius 3 is 2.81 bits per heavy atom. The Kier molecular flexibility index (Phi) is 7.32. The van der Waals surface area contributed by atoms with Crippen LogP contribution in [0, 0.1) is 6.92 Å². The number of aromatic nitrogens is 1. The zero-order valence-corrected chi connectivity index (χ0v) is 17.3. The predicted molar refractivity (Wildman–Crippen MR) is 114 cm³/mol. The molecular formula is C19H29N5S2. The molecule has 0 amide bonds. The quantitative estimate of drug-likeness (QED) is 0.430. The standard InChI is InChI=1S/C19H29N5S2/c1-15-14-26-17(22-15)6-3-4-10-21-19(20-2)23-16-8-11-24(12-9-16)18-7-5-13-25-18/h5,7,13-14,16H,3-4,6,8-12H2,1-2H3,(H2,20,21,23). The van der Waals surface area contributed by atoms with Gasteiger partial charge in [-0.25, -0.2) is 4.98 Å². The largest absolute Gasteiger partial charge is 0.363 e. The molecule has 0 aliphatic carbocycles. The Labute approximate surface area is 164 Å². The number of nitrogens with one attached hydrogen (secondary N) is 2. The van der Waals surface area contributed by atoms with Crippen molar-refractivity contribution in [2.75, 3.05) is 31.6 Å². The third-order valence-corrected chi connectivity index (χ3v) is 6.61. The Balaban J connectivity index is 1.31. The molecule has 1 aliphatic heterocycles. The van der Waals surface area contributed by atoms with Gasteiger partial charge in [-0.15, -0.1) is 22.7 Å². The molecule has 0 radical (unpaired) electrons. The van der Waals surface area contributed by atoms with Crippen LogP contribution in [0.4, 0.5) is 5.00 Å². The van der Waals surface area contributed by atoms with Gasteiger partial charge in [-0.3, -0.25) is 4.99 Å². The number of rotatable bonds is 7. The van der Waals surface area contributed by atoms with Gasteiger partial charge >= 0.3 is 0 Å². The Morgan fingerprint density at radius 1 is 1.31 bits per heavy atom. The second-order valence-electron chi connectivity index (χ2n) is 6.70. The number of hydrogen-bond acceptors (Lipinski definition) is 5. The second kappa shape index (κ2) is 9.92. The molecule has 0 spiro atoms. The van der Waals surface area contributed by atoms with Crippen molar-refractivity contribution in [1.82, 2.24) is 15.6 Å². The van der Waals surface area contributed by atoms with Crippen LogP contribution in [0.5, 0.6) is 0 Å². The number of unbranched alkanes of at least 4 members (excludes halogenated alkanes) is 1. The molecule has 3 heterocycles. The first-order valence-corrected chi connectivity index (χ1v) is 11.2. The topological polar surface area (TPSA) is 52.6 Å². The van der Waals surface area contributed by atoms with Gasteiger partial charge in [0.2, 0.25) is 0 Å². The first-order chi connectivity index (χ1) is 12.7. The summed E-state index contributed by atoms with van der Waals surface area (Å²) >= 11 is 3.60. The van der Waals surface area contributed by atoms with E-state index in [-0.39, 0.29) is 0 Å². The monoisotopic (exact) mass is 391 g/mol. The number of nitrogens with zero attached hydrogens (tertiary/aromatic N) is 3. The molecule has 0 saturated carbocycles. The summed E-state index contributed by atoms with van der Waals surface area (Å²) in [5, 5.41) is 14.0. The average Bonchev–Trinajstić information content (AvgIpc) is 3.33. The maximum Gasteiger partial charge on any atom is 0.191 e. The molecule has 3 rings (SSSR count). The van der Waals surface area contributed by atoms with Crippen molar-refractivity contribution in [1.29, 1.82) is 0 Å². The minimum atomic E-state index is 0.510. The molecule has 7 heteroatoms. The maximum atomic E-state index is 4.52. The van der Waals surface area contributed by atoms with Crippen LogP contribution in [0.2, 0.25) is 0 Å². The molecule has 2 N–H and O–H groups in total. The smallest absolute Gasteiger partial charge is 0.191 e. The van der Waals surface area contributed by atoms with Crippen LogP contribution in [-0.2, 0) is 6.42 Å². The van der Waals surface area contributed by atoms with Crippen molar-refractivity contribution in [2.45, 2.75) is 45.1 Å². The molecule has 1 aliphatic rings. The summed E-state index contributed by atoms with van der Waals surface area (Å²) in [7, 11) is 1.86. The van der Waals surface area contributed by atoms with Crippen LogP contribution in [-0.4, -0.2) is 43.7 Å². The van der Waals surface area contributed by atoms with Crippen molar-refractivity contribution < 1.29 is 0 Å². The maximum absolute atomic E-state index is 4.52. The summed E-state index contributed by atoms with van der Waals surface area (Å²) in [5.74, 6) is 0.935. The van der Waals surface area contributed by atoms with Crippen molar-refractivity contribution in [3.8, 4) is 0 Å². The molecule has 0 unspecified atom stereocenters. The number of thiazole rings is 1. The number of aliphatic imine (C=N–C) groups is 1. The van der Waals surface area contributed by atoms with E-state index in [0.717, 1.165) is 63.4 Å². The van der Waals surface area contributed by atoms with Gasteiger partial charge < -0.3 is 15.5 Å². The Morgan fingerprint density at radius 2 is 2.15 bits per heavy atom. The predicted octanol–water partition coefficient (Wildman–Crippen LogP) is 3.67. The summed E-state index contributed by atoms with van der Waals surface area (Å²) < 4.78 is 0. The van der Waals surface area contributed by atoms with E-state index in [2.05, 4.69) is 55.3 Å². The van der Waals surface area contributed by atoms with Crippen LogP contribution in [0.15, 0.2) is 27.9 Å². The van der Waals surface area contributed by atoms with Crippen LogP contribution in [0.1, 0.15) is 36.4 Å². The summed E-state index contributed by atoms with van der Waals surface area (Å²) in [4.78, 5) is 11.4. The zero-order chi connectivity index (χ0) is 18.2. The molecule has 142 valence electrons. The summed E-state index contributed by atoms with van der Waals surface area (Å²) in [6.45, 7) is 5.24. The lowest BCUT2D eigenvalue weighted by Crippen LogP contribution is -2.48. The van der Waals surface area contributed by atoms with E-state index in [4.69, 9.17) is 0 Å². The lowest BCUT2D eigenvalue weighted by Gasteiger charge is -2.33. The first-order valence-electron chi connectivity index (χ1n) is 9.41. The van der Waals surface area contributed by atoms with Gasteiger partial charge in [0.05, 0.1) is 10.0 Å². The first kappa shape index (κ1) is 19.2. The molecule has 0 bridgehead atoms. The van der Waals surface area contributed by atoms with Gasteiger partial charge in [0.15, 0.2) is 5.96 Å². The molecule has 26 heavy (non-hydrogen) atoms. The van der Waals surface area contributed by atoms with E-state index in [1.54, 1.807) is 11.3 Å². The third kappa shape index (κ3) is 5.71. The van der Waals surface area contributed by atoms with Crippen LogP contribution in [0.25, 0.3) is 0 Å². The van der Waals surface area contributed by atoms with Crippen LogP contribution in [0.3, 0.4) is 0 Å².